The summed E-state index contributed by atoms with van der Waals surface area (Å²) in [4.78, 5) is 12.1. The van der Waals surface area contributed by atoms with Crippen LogP contribution < -0.4 is 0 Å². The van der Waals surface area contributed by atoms with Crippen LogP contribution in [-0.2, 0) is 17.1 Å². The monoisotopic (exact) mass is 480 g/mol. The number of hydrogen-bond acceptors (Lipinski definition) is 1. The van der Waals surface area contributed by atoms with E-state index in [2.05, 4.69) is 0 Å². The molecule has 0 radical (unpaired) electrons. The van der Waals surface area contributed by atoms with E-state index >= 15 is 0 Å². The molecule has 3 rings (SSSR count). The summed E-state index contributed by atoms with van der Waals surface area (Å²) in [7, 11) is 0. The predicted octanol–water partition coefficient (Wildman–Crippen LogP) is 8.27. The van der Waals surface area contributed by atoms with Gasteiger partial charge < -0.3 is 5.11 Å². The van der Waals surface area contributed by atoms with Crippen molar-refractivity contribution in [2.45, 2.75) is 38.5 Å². The van der Waals surface area contributed by atoms with Crippen molar-refractivity contribution in [3.8, 4) is 22.3 Å². The van der Waals surface area contributed by atoms with Gasteiger partial charge in [-0.3, -0.25) is 4.79 Å². The first kappa shape index (κ1) is 25.3. The van der Waals surface area contributed by atoms with Crippen LogP contribution in [-0.4, -0.2) is 11.1 Å². The number of alkyl halides is 6. The topological polar surface area (TPSA) is 37.3 Å². The average molecular weight is 480 g/mol. The molecule has 0 fully saturated rings. The van der Waals surface area contributed by atoms with Crippen molar-refractivity contribution >= 4 is 5.97 Å². The minimum Gasteiger partial charge on any atom is -0.481 e. The lowest BCUT2D eigenvalue weighted by Gasteiger charge is -2.25. The molecule has 1 N–H and O–H groups in total. The van der Waals surface area contributed by atoms with Gasteiger partial charge in [0.1, 0.15) is 0 Å². The van der Waals surface area contributed by atoms with Crippen LogP contribution in [0.25, 0.3) is 22.3 Å². The Morgan fingerprint density at radius 1 is 0.794 bits per heavy atom. The molecular weight excluding hydrogens is 458 g/mol. The van der Waals surface area contributed by atoms with E-state index in [1.807, 2.05) is 0 Å². The molecule has 8 heteroatoms. The van der Waals surface area contributed by atoms with Gasteiger partial charge in [0.05, 0.1) is 17.0 Å². The fraction of sp³-hybridized carbons (Fsp3) is 0.269. The Morgan fingerprint density at radius 2 is 1.38 bits per heavy atom. The number of carbonyl (C=O) groups is 1. The van der Waals surface area contributed by atoms with E-state index in [0.717, 1.165) is 18.2 Å². The van der Waals surface area contributed by atoms with Crippen LogP contribution >= 0.6 is 0 Å². The molecule has 0 aliphatic rings. The van der Waals surface area contributed by atoms with Crippen LogP contribution in [0.3, 0.4) is 0 Å². The zero-order valence-electron chi connectivity index (χ0n) is 18.3. The molecule has 0 aliphatic carbocycles. The number of benzene rings is 3. The molecule has 0 aliphatic heterocycles. The Hall–Kier alpha value is -3.29. The standard InChI is InChI=1S/C26H22F6O2/c1-15(2)12-21(24(33)34)20-14-17(18-10-6-7-11-22(18)25(27,28)29)13-19(23(20)26(30,31)32)16-8-4-3-5-9-16/h3-11,13-15,21H,12H2,1-2H3,(H,33,34). The van der Waals surface area contributed by atoms with Crippen LogP contribution in [0, 0.1) is 5.92 Å². The lowest BCUT2D eigenvalue weighted by atomic mass is 9.81. The van der Waals surface area contributed by atoms with Crippen LogP contribution in [0.5, 0.6) is 0 Å². The van der Waals surface area contributed by atoms with Crippen molar-refractivity contribution in [1.82, 2.24) is 0 Å². The minimum atomic E-state index is -4.94. The van der Waals surface area contributed by atoms with Gasteiger partial charge in [0.2, 0.25) is 0 Å². The number of carboxylic acid groups (broad SMARTS) is 1. The Morgan fingerprint density at radius 3 is 1.91 bits per heavy atom. The molecule has 0 saturated heterocycles. The van der Waals surface area contributed by atoms with Gasteiger partial charge in [0.15, 0.2) is 0 Å². The lowest BCUT2D eigenvalue weighted by molar-refractivity contribution is -0.142. The quantitative estimate of drug-likeness (QED) is 0.361. The van der Waals surface area contributed by atoms with Crippen LogP contribution in [0.1, 0.15) is 42.9 Å². The Labute approximate surface area is 192 Å². The maximum Gasteiger partial charge on any atom is 0.417 e. The van der Waals surface area contributed by atoms with Crippen molar-refractivity contribution in [2.75, 3.05) is 0 Å². The summed E-state index contributed by atoms with van der Waals surface area (Å²) in [6.45, 7) is 3.34. The Balaban J connectivity index is 2.47. The first-order chi connectivity index (χ1) is 15.8. The Bertz CT molecular complexity index is 1160. The zero-order chi connectivity index (χ0) is 25.3. The third kappa shape index (κ3) is 5.43. The number of carboxylic acids is 1. The van der Waals surface area contributed by atoms with Crippen molar-refractivity contribution < 1.29 is 36.2 Å². The van der Waals surface area contributed by atoms with E-state index in [9.17, 15) is 36.2 Å². The fourth-order valence-corrected chi connectivity index (χ4v) is 4.07. The third-order valence-electron chi connectivity index (χ3n) is 5.46. The maximum atomic E-state index is 14.4. The average Bonchev–Trinajstić information content (AvgIpc) is 2.75. The van der Waals surface area contributed by atoms with Crippen molar-refractivity contribution in [2.24, 2.45) is 5.92 Å². The van der Waals surface area contributed by atoms with Crippen LogP contribution in [0.15, 0.2) is 66.7 Å². The van der Waals surface area contributed by atoms with Gasteiger partial charge in [0.25, 0.3) is 0 Å². The molecule has 34 heavy (non-hydrogen) atoms. The first-order valence-electron chi connectivity index (χ1n) is 10.5. The molecule has 0 aromatic heterocycles. The van der Waals surface area contributed by atoms with Crippen molar-refractivity contribution in [3.05, 3.63) is 83.4 Å². The van der Waals surface area contributed by atoms with E-state index < -0.39 is 40.9 Å². The lowest BCUT2D eigenvalue weighted by Crippen LogP contribution is -2.21. The summed E-state index contributed by atoms with van der Waals surface area (Å²) >= 11 is 0. The number of halogens is 6. The number of hydrogen-bond donors (Lipinski definition) is 1. The SMILES string of the molecule is CC(C)CC(C(=O)O)c1cc(-c2ccccc2C(F)(F)F)cc(-c2ccccc2)c1C(F)(F)F. The highest BCUT2D eigenvalue weighted by molar-refractivity contribution is 5.84. The van der Waals surface area contributed by atoms with Gasteiger partial charge >= 0.3 is 18.3 Å². The maximum absolute atomic E-state index is 14.4. The van der Waals surface area contributed by atoms with E-state index in [1.54, 1.807) is 19.9 Å². The second-order valence-electron chi connectivity index (χ2n) is 8.42. The zero-order valence-corrected chi connectivity index (χ0v) is 18.3. The van der Waals surface area contributed by atoms with Gasteiger partial charge in [-0.25, -0.2) is 0 Å². The second kappa shape index (κ2) is 9.52. The molecule has 1 unspecified atom stereocenters. The first-order valence-corrected chi connectivity index (χ1v) is 10.5. The molecule has 1 atom stereocenters. The smallest absolute Gasteiger partial charge is 0.417 e. The molecule has 3 aromatic rings. The normalized spacial score (nSPS) is 13.2. The highest BCUT2D eigenvalue weighted by Gasteiger charge is 2.41. The molecule has 3 aromatic carbocycles. The Kier molecular flexibility index (Phi) is 7.10. The molecule has 180 valence electrons. The number of aliphatic carboxylic acids is 1. The van der Waals surface area contributed by atoms with Crippen LogP contribution in [0.4, 0.5) is 26.3 Å². The summed E-state index contributed by atoms with van der Waals surface area (Å²) in [5.74, 6) is -3.30. The fourth-order valence-electron chi connectivity index (χ4n) is 4.07. The summed E-state index contributed by atoms with van der Waals surface area (Å²) < 4.78 is 84.3. The molecule has 0 saturated carbocycles. The third-order valence-corrected chi connectivity index (χ3v) is 5.46. The van der Waals surface area contributed by atoms with Crippen molar-refractivity contribution in [3.63, 3.8) is 0 Å². The van der Waals surface area contributed by atoms with E-state index in [4.69, 9.17) is 0 Å². The highest BCUT2D eigenvalue weighted by atomic mass is 19.4. The predicted molar refractivity (Wildman–Crippen MR) is 117 cm³/mol. The molecule has 2 nitrogen and oxygen atoms in total. The summed E-state index contributed by atoms with van der Waals surface area (Å²) in [6, 6.07) is 14.0. The molecular formula is C26H22F6O2. The minimum absolute atomic E-state index is 0.114. The molecule has 0 amide bonds. The molecule has 0 heterocycles. The summed E-state index contributed by atoms with van der Waals surface area (Å²) in [6.07, 6.45) is -9.80. The van der Waals surface area contributed by atoms with E-state index in [1.165, 1.54) is 42.5 Å². The second-order valence-corrected chi connectivity index (χ2v) is 8.42. The van der Waals surface area contributed by atoms with Gasteiger partial charge in [-0.15, -0.1) is 0 Å². The van der Waals surface area contributed by atoms with Gasteiger partial charge in [-0.05, 0) is 58.4 Å². The summed E-state index contributed by atoms with van der Waals surface area (Å²) in [5, 5.41) is 9.83. The van der Waals surface area contributed by atoms with Gasteiger partial charge in [0, 0.05) is 0 Å². The largest absolute Gasteiger partial charge is 0.481 e. The number of rotatable bonds is 6. The molecule has 0 spiro atoms. The van der Waals surface area contributed by atoms with Crippen LogP contribution in [0.2, 0.25) is 0 Å². The van der Waals surface area contributed by atoms with Gasteiger partial charge in [-0.2, -0.15) is 26.3 Å². The van der Waals surface area contributed by atoms with E-state index in [-0.39, 0.29) is 34.6 Å². The summed E-state index contributed by atoms with van der Waals surface area (Å²) in [5.41, 5.74) is -3.43. The van der Waals surface area contributed by atoms with Gasteiger partial charge in [-0.1, -0.05) is 62.4 Å². The van der Waals surface area contributed by atoms with E-state index in [0.29, 0.717) is 0 Å². The highest BCUT2D eigenvalue weighted by Crippen LogP contribution is 2.47. The van der Waals surface area contributed by atoms with Crippen molar-refractivity contribution in [1.29, 1.82) is 0 Å². The molecule has 0 bridgehead atoms.